The first-order valence-electron chi connectivity index (χ1n) is 6.35. The molecule has 3 N–H and O–H groups in total. The fourth-order valence-corrected chi connectivity index (χ4v) is 1.50. The van der Waals surface area contributed by atoms with Crippen molar-refractivity contribution in [2.75, 3.05) is 30.3 Å². The third-order valence-electron chi connectivity index (χ3n) is 2.44. The number of rotatable bonds is 6. The minimum absolute atomic E-state index is 0.0931. The van der Waals surface area contributed by atoms with E-state index in [0.717, 1.165) is 30.4 Å². The molecule has 0 aliphatic rings. The summed E-state index contributed by atoms with van der Waals surface area (Å²) in [5.74, 6) is 2.29. The van der Waals surface area contributed by atoms with Crippen LogP contribution in [0.25, 0.3) is 0 Å². The van der Waals surface area contributed by atoms with Gasteiger partial charge in [0.2, 0.25) is 0 Å². The molecular formula is C13H24N4O. The van der Waals surface area contributed by atoms with Crippen molar-refractivity contribution in [3.63, 3.8) is 0 Å². The number of hydrogen-bond donors (Lipinski definition) is 3. The summed E-state index contributed by atoms with van der Waals surface area (Å²) in [6, 6.07) is 1.87. The molecule has 1 rings (SSSR count). The predicted octanol–water partition coefficient (Wildman–Crippen LogP) is 2.04. The Morgan fingerprint density at radius 1 is 1.11 bits per heavy atom. The zero-order valence-electron chi connectivity index (χ0n) is 11.7. The summed E-state index contributed by atoms with van der Waals surface area (Å²) in [6.07, 6.45) is 1.08. The van der Waals surface area contributed by atoms with E-state index in [1.807, 2.05) is 13.0 Å². The van der Waals surface area contributed by atoms with Gasteiger partial charge in [0.1, 0.15) is 17.5 Å². The molecule has 0 fully saturated rings. The van der Waals surface area contributed by atoms with Gasteiger partial charge in [-0.2, -0.15) is 0 Å². The molecule has 5 nitrogen and oxygen atoms in total. The molecule has 0 amide bonds. The Labute approximate surface area is 109 Å². The summed E-state index contributed by atoms with van der Waals surface area (Å²) in [5.41, 5.74) is 0.313. The van der Waals surface area contributed by atoms with Crippen molar-refractivity contribution in [3.05, 3.63) is 11.9 Å². The first kappa shape index (κ1) is 14.7. The van der Waals surface area contributed by atoms with E-state index in [4.69, 9.17) is 5.11 Å². The number of aryl methyl sites for hydroxylation is 1. The maximum atomic E-state index is 8.78. The van der Waals surface area contributed by atoms with Gasteiger partial charge in [-0.3, -0.25) is 0 Å². The molecule has 102 valence electrons. The zero-order valence-corrected chi connectivity index (χ0v) is 11.7. The second-order valence-electron chi connectivity index (χ2n) is 5.57. The first-order valence-corrected chi connectivity index (χ1v) is 6.35. The van der Waals surface area contributed by atoms with Gasteiger partial charge in [-0.05, 0) is 18.8 Å². The lowest BCUT2D eigenvalue weighted by Gasteiger charge is -2.18. The van der Waals surface area contributed by atoms with Crippen molar-refractivity contribution in [1.82, 2.24) is 9.97 Å². The summed E-state index contributed by atoms with van der Waals surface area (Å²) in [4.78, 5) is 8.59. The Morgan fingerprint density at radius 3 is 2.17 bits per heavy atom. The largest absolute Gasteiger partial charge is 0.395 e. The molecule has 0 bridgehead atoms. The molecule has 0 saturated heterocycles. The van der Waals surface area contributed by atoms with Crippen molar-refractivity contribution in [1.29, 1.82) is 0 Å². The topological polar surface area (TPSA) is 70.1 Å². The molecule has 1 heterocycles. The monoisotopic (exact) mass is 252 g/mol. The van der Waals surface area contributed by atoms with Crippen molar-refractivity contribution >= 4 is 11.6 Å². The van der Waals surface area contributed by atoms with E-state index >= 15 is 0 Å². The quantitative estimate of drug-likeness (QED) is 0.722. The molecule has 1 aromatic heterocycles. The van der Waals surface area contributed by atoms with Gasteiger partial charge in [0.25, 0.3) is 0 Å². The molecule has 0 aromatic carbocycles. The van der Waals surface area contributed by atoms with Gasteiger partial charge in [0, 0.05) is 19.2 Å². The van der Waals surface area contributed by atoms with Crippen molar-refractivity contribution in [2.24, 2.45) is 5.41 Å². The highest BCUT2D eigenvalue weighted by molar-refractivity contribution is 5.47. The van der Waals surface area contributed by atoms with Crippen LogP contribution in [-0.2, 0) is 0 Å². The van der Waals surface area contributed by atoms with Crippen LogP contribution in [0.1, 0.15) is 33.0 Å². The Hall–Kier alpha value is -1.36. The number of hydrogen-bond acceptors (Lipinski definition) is 5. The van der Waals surface area contributed by atoms with Gasteiger partial charge in [-0.15, -0.1) is 0 Å². The van der Waals surface area contributed by atoms with E-state index < -0.39 is 0 Å². The maximum absolute atomic E-state index is 8.78. The number of aliphatic hydroxyl groups is 1. The Morgan fingerprint density at radius 2 is 1.67 bits per heavy atom. The van der Waals surface area contributed by atoms with Crippen LogP contribution < -0.4 is 10.6 Å². The molecule has 0 aliphatic heterocycles. The maximum Gasteiger partial charge on any atom is 0.131 e. The number of nitrogens with zero attached hydrogens (tertiary/aromatic N) is 2. The molecule has 0 radical (unpaired) electrons. The van der Waals surface area contributed by atoms with E-state index in [1.54, 1.807) is 0 Å². The van der Waals surface area contributed by atoms with Crippen molar-refractivity contribution < 1.29 is 5.11 Å². The van der Waals surface area contributed by atoms with E-state index in [0.29, 0.717) is 12.0 Å². The second-order valence-corrected chi connectivity index (χ2v) is 5.57. The predicted molar refractivity (Wildman–Crippen MR) is 74.9 cm³/mol. The Kier molecular flexibility index (Phi) is 5.34. The molecule has 5 heteroatoms. The highest BCUT2D eigenvalue weighted by atomic mass is 16.3. The van der Waals surface area contributed by atoms with Gasteiger partial charge >= 0.3 is 0 Å². The average molecular weight is 252 g/mol. The standard InChI is InChI=1S/C13H24N4O/c1-10-16-11(14-6-5-13(2,3)4)9-12(17-10)15-7-8-18/h9,18H,5-8H2,1-4H3,(H2,14,15,16,17). The minimum Gasteiger partial charge on any atom is -0.395 e. The fraction of sp³-hybridized carbons (Fsp3) is 0.692. The van der Waals surface area contributed by atoms with E-state index in [2.05, 4.69) is 41.4 Å². The van der Waals surface area contributed by atoms with Gasteiger partial charge in [-0.1, -0.05) is 20.8 Å². The van der Waals surface area contributed by atoms with Crippen LogP contribution in [0.2, 0.25) is 0 Å². The van der Waals surface area contributed by atoms with Crippen LogP contribution in [0.4, 0.5) is 11.6 Å². The molecule has 18 heavy (non-hydrogen) atoms. The van der Waals surface area contributed by atoms with Gasteiger partial charge < -0.3 is 15.7 Å². The van der Waals surface area contributed by atoms with Crippen LogP contribution in [0.15, 0.2) is 6.07 Å². The molecular weight excluding hydrogens is 228 g/mol. The molecule has 0 aliphatic carbocycles. The number of aliphatic hydroxyl groups excluding tert-OH is 1. The van der Waals surface area contributed by atoms with Crippen molar-refractivity contribution in [3.8, 4) is 0 Å². The van der Waals surface area contributed by atoms with Crippen LogP contribution >= 0.6 is 0 Å². The van der Waals surface area contributed by atoms with E-state index in [-0.39, 0.29) is 6.61 Å². The number of anilines is 2. The molecule has 0 unspecified atom stereocenters. The van der Waals surface area contributed by atoms with Crippen LogP contribution in [0.5, 0.6) is 0 Å². The normalized spacial score (nSPS) is 11.4. The average Bonchev–Trinajstić information content (AvgIpc) is 2.24. The number of nitrogens with one attached hydrogen (secondary N) is 2. The summed E-state index contributed by atoms with van der Waals surface area (Å²) in [6.45, 7) is 9.99. The smallest absolute Gasteiger partial charge is 0.131 e. The van der Waals surface area contributed by atoms with Crippen LogP contribution in [0.3, 0.4) is 0 Å². The zero-order chi connectivity index (χ0) is 13.6. The van der Waals surface area contributed by atoms with Gasteiger partial charge in [0.15, 0.2) is 0 Å². The highest BCUT2D eigenvalue weighted by Gasteiger charge is 2.09. The third-order valence-corrected chi connectivity index (χ3v) is 2.44. The molecule has 0 spiro atoms. The molecule has 0 atom stereocenters. The summed E-state index contributed by atoms with van der Waals surface area (Å²) in [7, 11) is 0. The van der Waals surface area contributed by atoms with E-state index in [9.17, 15) is 0 Å². The van der Waals surface area contributed by atoms with Crippen LogP contribution in [-0.4, -0.2) is 34.8 Å². The molecule has 0 saturated carbocycles. The minimum atomic E-state index is 0.0931. The second kappa shape index (κ2) is 6.54. The Balaban J connectivity index is 2.57. The lowest BCUT2D eigenvalue weighted by atomic mass is 9.92. The SMILES string of the molecule is Cc1nc(NCCO)cc(NCCC(C)(C)C)n1. The lowest BCUT2D eigenvalue weighted by molar-refractivity contribution is 0.311. The number of aromatic nitrogens is 2. The first-order chi connectivity index (χ1) is 8.40. The summed E-state index contributed by atoms with van der Waals surface area (Å²) in [5, 5.41) is 15.1. The van der Waals surface area contributed by atoms with Gasteiger partial charge in [0.05, 0.1) is 6.61 Å². The summed E-state index contributed by atoms with van der Waals surface area (Å²) >= 11 is 0. The fourth-order valence-electron chi connectivity index (χ4n) is 1.50. The van der Waals surface area contributed by atoms with Gasteiger partial charge in [-0.25, -0.2) is 9.97 Å². The lowest BCUT2D eigenvalue weighted by Crippen LogP contribution is -2.14. The summed E-state index contributed by atoms with van der Waals surface area (Å²) < 4.78 is 0. The Bertz CT molecular complexity index is 374. The third kappa shape index (κ3) is 5.82. The van der Waals surface area contributed by atoms with Crippen LogP contribution in [0, 0.1) is 12.3 Å². The molecule has 1 aromatic rings. The van der Waals surface area contributed by atoms with E-state index in [1.165, 1.54) is 0 Å². The van der Waals surface area contributed by atoms with Crippen molar-refractivity contribution in [2.45, 2.75) is 34.1 Å². The highest BCUT2D eigenvalue weighted by Crippen LogP contribution is 2.18.